The van der Waals surface area contributed by atoms with Gasteiger partial charge in [-0.15, -0.1) is 11.3 Å². The fourth-order valence-corrected chi connectivity index (χ4v) is 2.02. The molecular formula is C11H7ClFNOS. The van der Waals surface area contributed by atoms with Gasteiger partial charge in [-0.2, -0.15) is 0 Å². The Kier molecular flexibility index (Phi) is 3.22. The van der Waals surface area contributed by atoms with Crippen LogP contribution >= 0.6 is 22.9 Å². The molecule has 0 atom stereocenters. The molecule has 5 heteroatoms. The van der Waals surface area contributed by atoms with Crippen molar-refractivity contribution in [3.8, 4) is 0 Å². The van der Waals surface area contributed by atoms with Crippen molar-refractivity contribution in [1.82, 2.24) is 0 Å². The molecule has 1 N–H and O–H groups in total. The molecule has 2 aromatic rings. The minimum Gasteiger partial charge on any atom is -0.320 e. The van der Waals surface area contributed by atoms with E-state index in [0.29, 0.717) is 10.6 Å². The van der Waals surface area contributed by atoms with Crippen LogP contribution in [-0.4, -0.2) is 5.91 Å². The molecule has 0 saturated carbocycles. The molecule has 0 aliphatic heterocycles. The predicted molar refractivity (Wildman–Crippen MR) is 63.7 cm³/mol. The Morgan fingerprint density at radius 1 is 1.38 bits per heavy atom. The summed E-state index contributed by atoms with van der Waals surface area (Å²) >= 11 is 7.11. The molecule has 0 aliphatic rings. The van der Waals surface area contributed by atoms with Gasteiger partial charge in [-0.05, 0) is 29.6 Å². The summed E-state index contributed by atoms with van der Waals surface area (Å²) in [6.45, 7) is 0. The maximum absolute atomic E-state index is 12.8. The standard InChI is InChI=1S/C11H7ClFNOS/c12-8-6-7(13)3-4-9(8)14-11(15)10-2-1-5-16-10/h1-6H,(H,14,15). The molecule has 2 rings (SSSR count). The fourth-order valence-electron chi connectivity index (χ4n) is 1.18. The molecule has 0 unspecified atom stereocenters. The van der Waals surface area contributed by atoms with Gasteiger partial charge in [-0.3, -0.25) is 4.79 Å². The summed E-state index contributed by atoms with van der Waals surface area (Å²) < 4.78 is 12.8. The summed E-state index contributed by atoms with van der Waals surface area (Å²) in [6.07, 6.45) is 0. The first kappa shape index (κ1) is 11.1. The lowest BCUT2D eigenvalue weighted by molar-refractivity contribution is 0.103. The minimum absolute atomic E-state index is 0.185. The molecule has 0 bridgehead atoms. The third kappa shape index (κ3) is 2.40. The zero-order valence-electron chi connectivity index (χ0n) is 8.04. The second kappa shape index (κ2) is 4.63. The molecule has 1 amide bonds. The van der Waals surface area contributed by atoms with E-state index in [-0.39, 0.29) is 10.9 Å². The van der Waals surface area contributed by atoms with Crippen LogP contribution in [0.1, 0.15) is 9.67 Å². The van der Waals surface area contributed by atoms with Gasteiger partial charge in [0, 0.05) is 0 Å². The van der Waals surface area contributed by atoms with Crippen LogP contribution in [-0.2, 0) is 0 Å². The molecule has 2 nitrogen and oxygen atoms in total. The number of anilines is 1. The topological polar surface area (TPSA) is 29.1 Å². The Morgan fingerprint density at radius 2 is 2.19 bits per heavy atom. The number of hydrogen-bond acceptors (Lipinski definition) is 2. The van der Waals surface area contributed by atoms with Crippen LogP contribution in [0, 0.1) is 5.82 Å². The van der Waals surface area contributed by atoms with Crippen LogP contribution in [0.15, 0.2) is 35.7 Å². The lowest BCUT2D eigenvalue weighted by Crippen LogP contribution is -2.10. The first-order chi connectivity index (χ1) is 7.66. The lowest BCUT2D eigenvalue weighted by atomic mass is 10.3. The maximum atomic E-state index is 12.8. The summed E-state index contributed by atoms with van der Waals surface area (Å²) in [5.74, 6) is -0.678. The molecule has 1 aromatic carbocycles. The molecule has 1 aromatic heterocycles. The van der Waals surface area contributed by atoms with Gasteiger partial charge in [0.1, 0.15) is 5.82 Å². The second-order valence-corrected chi connectivity index (χ2v) is 4.41. The zero-order valence-corrected chi connectivity index (χ0v) is 9.61. The summed E-state index contributed by atoms with van der Waals surface area (Å²) in [4.78, 5) is 12.2. The third-order valence-electron chi connectivity index (χ3n) is 1.92. The number of thiophene rings is 1. The van der Waals surface area contributed by atoms with Crippen LogP contribution in [0.2, 0.25) is 5.02 Å². The highest BCUT2D eigenvalue weighted by Gasteiger charge is 2.09. The molecule has 0 radical (unpaired) electrons. The average Bonchev–Trinajstić information content (AvgIpc) is 2.75. The van der Waals surface area contributed by atoms with E-state index in [1.165, 1.54) is 23.5 Å². The Balaban J connectivity index is 2.18. The Labute approximate surface area is 101 Å². The van der Waals surface area contributed by atoms with Crippen molar-refractivity contribution in [3.63, 3.8) is 0 Å². The van der Waals surface area contributed by atoms with E-state index in [2.05, 4.69) is 5.32 Å². The molecular weight excluding hydrogens is 249 g/mol. The van der Waals surface area contributed by atoms with Gasteiger partial charge in [0.2, 0.25) is 0 Å². The predicted octanol–water partition coefficient (Wildman–Crippen LogP) is 3.79. The Hall–Kier alpha value is -1.39. The Morgan fingerprint density at radius 3 is 2.81 bits per heavy atom. The number of rotatable bonds is 2. The van der Waals surface area contributed by atoms with Crippen molar-refractivity contribution >= 4 is 34.5 Å². The van der Waals surface area contributed by atoms with Gasteiger partial charge in [0.25, 0.3) is 5.91 Å². The summed E-state index contributed by atoms with van der Waals surface area (Å²) in [7, 11) is 0. The van der Waals surface area contributed by atoms with E-state index in [0.717, 1.165) is 6.07 Å². The SMILES string of the molecule is O=C(Nc1ccc(F)cc1Cl)c1cccs1. The molecule has 0 aliphatic carbocycles. The highest BCUT2D eigenvalue weighted by atomic mass is 35.5. The van der Waals surface area contributed by atoms with Crippen molar-refractivity contribution in [2.75, 3.05) is 5.32 Å². The minimum atomic E-state index is -0.431. The zero-order chi connectivity index (χ0) is 11.5. The number of nitrogens with one attached hydrogen (secondary N) is 1. The number of carbonyl (C=O) groups is 1. The number of carbonyl (C=O) groups excluding carboxylic acids is 1. The number of amides is 1. The van der Waals surface area contributed by atoms with Crippen LogP contribution in [0.25, 0.3) is 0 Å². The maximum Gasteiger partial charge on any atom is 0.265 e. The molecule has 0 spiro atoms. The highest BCUT2D eigenvalue weighted by Crippen LogP contribution is 2.23. The van der Waals surface area contributed by atoms with E-state index in [1.807, 2.05) is 0 Å². The van der Waals surface area contributed by atoms with Gasteiger partial charge < -0.3 is 5.32 Å². The monoisotopic (exact) mass is 255 g/mol. The molecule has 1 heterocycles. The van der Waals surface area contributed by atoms with Gasteiger partial charge >= 0.3 is 0 Å². The molecule has 82 valence electrons. The first-order valence-electron chi connectivity index (χ1n) is 4.47. The van der Waals surface area contributed by atoms with Crippen LogP contribution in [0.4, 0.5) is 10.1 Å². The van der Waals surface area contributed by atoms with E-state index in [9.17, 15) is 9.18 Å². The highest BCUT2D eigenvalue weighted by molar-refractivity contribution is 7.12. The smallest absolute Gasteiger partial charge is 0.265 e. The fraction of sp³-hybridized carbons (Fsp3) is 0. The van der Waals surface area contributed by atoms with E-state index < -0.39 is 5.82 Å². The van der Waals surface area contributed by atoms with Gasteiger partial charge in [-0.25, -0.2) is 4.39 Å². The summed E-state index contributed by atoms with van der Waals surface area (Å²) in [5.41, 5.74) is 0.404. The molecule has 0 saturated heterocycles. The first-order valence-corrected chi connectivity index (χ1v) is 5.72. The summed E-state index contributed by atoms with van der Waals surface area (Å²) in [5, 5.41) is 4.60. The van der Waals surface area contributed by atoms with Crippen LogP contribution < -0.4 is 5.32 Å². The van der Waals surface area contributed by atoms with Crippen molar-refractivity contribution in [3.05, 3.63) is 51.4 Å². The number of hydrogen-bond donors (Lipinski definition) is 1. The lowest BCUT2D eigenvalue weighted by Gasteiger charge is -2.05. The van der Waals surface area contributed by atoms with Crippen LogP contribution in [0.3, 0.4) is 0 Å². The average molecular weight is 256 g/mol. The van der Waals surface area contributed by atoms with Crippen molar-refractivity contribution < 1.29 is 9.18 Å². The number of halogens is 2. The van der Waals surface area contributed by atoms with E-state index in [1.54, 1.807) is 17.5 Å². The summed E-state index contributed by atoms with van der Waals surface area (Å²) in [6, 6.07) is 7.33. The largest absolute Gasteiger partial charge is 0.320 e. The van der Waals surface area contributed by atoms with Crippen molar-refractivity contribution in [1.29, 1.82) is 0 Å². The Bertz CT molecular complexity index is 513. The van der Waals surface area contributed by atoms with Crippen molar-refractivity contribution in [2.24, 2.45) is 0 Å². The third-order valence-corrected chi connectivity index (χ3v) is 3.11. The van der Waals surface area contributed by atoms with E-state index in [4.69, 9.17) is 11.6 Å². The molecule has 0 fully saturated rings. The van der Waals surface area contributed by atoms with E-state index >= 15 is 0 Å². The number of benzene rings is 1. The van der Waals surface area contributed by atoms with Gasteiger partial charge in [0.15, 0.2) is 0 Å². The second-order valence-electron chi connectivity index (χ2n) is 3.06. The van der Waals surface area contributed by atoms with Gasteiger partial charge in [-0.1, -0.05) is 17.7 Å². The van der Waals surface area contributed by atoms with Gasteiger partial charge in [0.05, 0.1) is 15.6 Å². The normalized spacial score (nSPS) is 10.1. The van der Waals surface area contributed by atoms with Crippen LogP contribution in [0.5, 0.6) is 0 Å². The quantitative estimate of drug-likeness (QED) is 0.869. The molecule has 16 heavy (non-hydrogen) atoms. The van der Waals surface area contributed by atoms with Crippen molar-refractivity contribution in [2.45, 2.75) is 0 Å².